The fourth-order valence-corrected chi connectivity index (χ4v) is 4.70. The second-order valence-corrected chi connectivity index (χ2v) is 9.91. The van der Waals surface area contributed by atoms with E-state index in [0.717, 1.165) is 12.1 Å². The predicted octanol–water partition coefficient (Wildman–Crippen LogP) is 3.48. The summed E-state index contributed by atoms with van der Waals surface area (Å²) in [6.45, 7) is -0.0756. The summed E-state index contributed by atoms with van der Waals surface area (Å²) in [5.41, 5.74) is 0.423. The Morgan fingerprint density at radius 2 is 1.71 bits per heavy atom. The first-order valence-electron chi connectivity index (χ1n) is 12.8. The van der Waals surface area contributed by atoms with E-state index < -0.39 is 41.4 Å². The summed E-state index contributed by atoms with van der Waals surface area (Å²) >= 11 is 0. The lowest BCUT2D eigenvalue weighted by atomic mass is 10.0. The van der Waals surface area contributed by atoms with Crippen molar-refractivity contribution in [3.05, 3.63) is 89.7 Å². The van der Waals surface area contributed by atoms with Crippen LogP contribution in [0.15, 0.2) is 72.9 Å². The number of pyridine rings is 1. The van der Waals surface area contributed by atoms with Crippen molar-refractivity contribution in [1.82, 2.24) is 15.6 Å². The first-order valence-corrected chi connectivity index (χ1v) is 12.8. The third-order valence-corrected chi connectivity index (χ3v) is 6.88. The van der Waals surface area contributed by atoms with Crippen molar-refractivity contribution < 1.29 is 37.1 Å². The fourth-order valence-electron chi connectivity index (χ4n) is 4.70. The summed E-state index contributed by atoms with van der Waals surface area (Å²) in [6, 6.07) is 15.4. The molecule has 9 nitrogen and oxygen atoms in total. The standard InChI is InChI=1S/C29H25F3N4O5/c30-29(31,32)41-20-10-8-18(9-11-20)17-36-23-7-2-1-6-21(23)24(37)16-22(26(36)39)34-27(40)28(12-13-28)35-25(38)15-19-5-3-4-14-33-19/h1-11,14,22H,12-13,15-17H2,(H,34,40)(H,35,38)/t22-/m1/s1. The minimum atomic E-state index is -4.84. The fraction of sp³-hybridized carbons (Fsp3) is 0.276. The number of halogens is 3. The van der Waals surface area contributed by atoms with Crippen LogP contribution in [0.1, 0.15) is 40.9 Å². The number of ketones is 1. The molecule has 2 aromatic carbocycles. The van der Waals surface area contributed by atoms with E-state index >= 15 is 0 Å². The highest BCUT2D eigenvalue weighted by Gasteiger charge is 2.52. The number of Topliss-reactive ketones (excluding diaryl/α,β-unsaturated/α-hetero) is 1. The van der Waals surface area contributed by atoms with Gasteiger partial charge in [-0.15, -0.1) is 13.2 Å². The second kappa shape index (κ2) is 11.0. The Bertz CT molecular complexity index is 1470. The highest BCUT2D eigenvalue weighted by atomic mass is 19.4. The van der Waals surface area contributed by atoms with E-state index in [9.17, 15) is 32.3 Å². The Kier molecular flexibility index (Phi) is 7.48. The summed E-state index contributed by atoms with van der Waals surface area (Å²) in [4.78, 5) is 58.2. The van der Waals surface area contributed by atoms with Gasteiger partial charge in [-0.1, -0.05) is 30.3 Å². The van der Waals surface area contributed by atoms with Crippen LogP contribution >= 0.6 is 0 Å². The number of carbonyl (C=O) groups excluding carboxylic acids is 4. The first kappa shape index (κ1) is 27.8. The zero-order valence-electron chi connectivity index (χ0n) is 21.6. The van der Waals surface area contributed by atoms with E-state index in [1.165, 1.54) is 17.0 Å². The molecular formula is C29H25F3N4O5. The molecule has 2 N–H and O–H groups in total. The molecule has 0 saturated heterocycles. The Hall–Kier alpha value is -4.74. The number of alkyl halides is 3. The number of carbonyl (C=O) groups is 4. The minimum absolute atomic E-state index is 0.0212. The maximum Gasteiger partial charge on any atom is 0.573 e. The Labute approximate surface area is 232 Å². The molecule has 0 unspecified atom stereocenters. The van der Waals surface area contributed by atoms with Crippen molar-refractivity contribution in [3.8, 4) is 5.75 Å². The zero-order valence-corrected chi connectivity index (χ0v) is 21.6. The molecule has 2 aliphatic rings. The van der Waals surface area contributed by atoms with Crippen LogP contribution in [0.3, 0.4) is 0 Å². The monoisotopic (exact) mass is 566 g/mol. The number of nitrogens with one attached hydrogen (secondary N) is 2. The number of amides is 3. The molecule has 1 atom stereocenters. The molecule has 41 heavy (non-hydrogen) atoms. The molecule has 0 radical (unpaired) electrons. The normalized spacial score (nSPS) is 17.7. The van der Waals surface area contributed by atoms with Crippen LogP contribution in [-0.2, 0) is 27.3 Å². The van der Waals surface area contributed by atoms with Crippen LogP contribution in [0.4, 0.5) is 18.9 Å². The molecule has 0 bridgehead atoms. The molecule has 1 aliphatic heterocycles. The van der Waals surface area contributed by atoms with Gasteiger partial charge in [-0.2, -0.15) is 0 Å². The van der Waals surface area contributed by atoms with Crippen molar-refractivity contribution >= 4 is 29.2 Å². The molecule has 5 rings (SSSR count). The number of fused-ring (bicyclic) bond motifs is 1. The first-order chi connectivity index (χ1) is 19.5. The third-order valence-electron chi connectivity index (χ3n) is 6.88. The average molecular weight is 567 g/mol. The molecule has 212 valence electrons. The molecule has 1 aliphatic carbocycles. The minimum Gasteiger partial charge on any atom is -0.406 e. The van der Waals surface area contributed by atoms with Crippen molar-refractivity contribution in [3.63, 3.8) is 0 Å². The lowest BCUT2D eigenvalue weighted by Gasteiger charge is -2.27. The predicted molar refractivity (Wildman–Crippen MR) is 140 cm³/mol. The number of anilines is 1. The van der Waals surface area contributed by atoms with E-state index in [4.69, 9.17) is 0 Å². The van der Waals surface area contributed by atoms with Crippen molar-refractivity contribution in [2.24, 2.45) is 0 Å². The van der Waals surface area contributed by atoms with E-state index in [1.54, 1.807) is 48.7 Å². The molecule has 3 amide bonds. The SMILES string of the molecule is O=C(Cc1ccccn1)NC1(C(=O)N[C@@H]2CC(=O)c3ccccc3N(Cc3ccc(OC(F)(F)F)cc3)C2=O)CC1. The summed E-state index contributed by atoms with van der Waals surface area (Å²) in [5.74, 6) is -2.31. The van der Waals surface area contributed by atoms with Gasteiger partial charge < -0.3 is 20.3 Å². The molecule has 1 fully saturated rings. The van der Waals surface area contributed by atoms with E-state index in [0.29, 0.717) is 29.8 Å². The molecule has 12 heteroatoms. The van der Waals surface area contributed by atoms with Gasteiger partial charge in [0.05, 0.1) is 18.7 Å². The van der Waals surface area contributed by atoms with Gasteiger partial charge in [0.25, 0.3) is 0 Å². The number of hydrogen-bond donors (Lipinski definition) is 2. The Morgan fingerprint density at radius 1 is 1.00 bits per heavy atom. The van der Waals surface area contributed by atoms with Crippen LogP contribution in [0, 0.1) is 0 Å². The topological polar surface area (TPSA) is 118 Å². The lowest BCUT2D eigenvalue weighted by molar-refractivity contribution is -0.274. The van der Waals surface area contributed by atoms with Gasteiger partial charge in [0, 0.05) is 23.9 Å². The largest absolute Gasteiger partial charge is 0.573 e. The third kappa shape index (κ3) is 6.53. The number of benzene rings is 2. The van der Waals surface area contributed by atoms with Gasteiger partial charge in [-0.05, 0) is 54.8 Å². The second-order valence-electron chi connectivity index (χ2n) is 9.91. The summed E-state index contributed by atoms with van der Waals surface area (Å²) in [7, 11) is 0. The number of aromatic nitrogens is 1. The van der Waals surface area contributed by atoms with Crippen molar-refractivity contribution in [2.45, 2.75) is 50.2 Å². The van der Waals surface area contributed by atoms with Gasteiger partial charge in [0.15, 0.2) is 5.78 Å². The Balaban J connectivity index is 1.33. The summed E-state index contributed by atoms with van der Waals surface area (Å²) in [5, 5.41) is 5.41. The molecule has 1 aromatic heterocycles. The van der Waals surface area contributed by atoms with Gasteiger partial charge in [0.1, 0.15) is 17.3 Å². The van der Waals surface area contributed by atoms with Gasteiger partial charge in [-0.3, -0.25) is 24.2 Å². The van der Waals surface area contributed by atoms with Gasteiger partial charge in [0.2, 0.25) is 17.7 Å². The Morgan fingerprint density at radius 3 is 2.37 bits per heavy atom. The number of ether oxygens (including phenoxy) is 1. The highest BCUT2D eigenvalue weighted by molar-refractivity contribution is 6.13. The smallest absolute Gasteiger partial charge is 0.406 e. The van der Waals surface area contributed by atoms with Gasteiger partial charge >= 0.3 is 6.36 Å². The average Bonchev–Trinajstić information content (AvgIpc) is 3.72. The lowest BCUT2D eigenvalue weighted by Crippen LogP contribution is -2.55. The quantitative estimate of drug-likeness (QED) is 0.431. The summed E-state index contributed by atoms with van der Waals surface area (Å²) < 4.78 is 41.6. The van der Waals surface area contributed by atoms with Gasteiger partial charge in [-0.25, -0.2) is 0 Å². The van der Waals surface area contributed by atoms with Crippen molar-refractivity contribution in [2.75, 3.05) is 4.90 Å². The van der Waals surface area contributed by atoms with E-state index in [1.807, 2.05) is 0 Å². The van der Waals surface area contributed by atoms with Crippen LogP contribution in [0.25, 0.3) is 0 Å². The molecule has 1 saturated carbocycles. The molecule has 3 aromatic rings. The van der Waals surface area contributed by atoms with E-state index in [2.05, 4.69) is 20.4 Å². The van der Waals surface area contributed by atoms with Crippen LogP contribution in [0.5, 0.6) is 5.75 Å². The number of nitrogens with zero attached hydrogens (tertiary/aromatic N) is 2. The zero-order chi connectivity index (χ0) is 29.2. The molecular weight excluding hydrogens is 541 g/mol. The van der Waals surface area contributed by atoms with Crippen molar-refractivity contribution in [1.29, 1.82) is 0 Å². The molecule has 0 spiro atoms. The van der Waals surface area contributed by atoms with Crippen LogP contribution < -0.4 is 20.3 Å². The number of para-hydroxylation sites is 1. The van der Waals surface area contributed by atoms with Crippen LogP contribution in [-0.4, -0.2) is 46.4 Å². The number of hydrogen-bond acceptors (Lipinski definition) is 6. The maximum absolute atomic E-state index is 13.7. The van der Waals surface area contributed by atoms with Crippen LogP contribution in [0.2, 0.25) is 0 Å². The van der Waals surface area contributed by atoms with E-state index in [-0.39, 0.29) is 30.7 Å². The molecule has 2 heterocycles. The number of rotatable bonds is 8. The highest BCUT2D eigenvalue weighted by Crippen LogP contribution is 2.36. The summed E-state index contributed by atoms with van der Waals surface area (Å²) in [6.07, 6.45) is -2.86. The maximum atomic E-state index is 13.7.